The highest BCUT2D eigenvalue weighted by Gasteiger charge is 2.20. The molecule has 3 aromatic rings. The van der Waals surface area contributed by atoms with Crippen LogP contribution in [0, 0.1) is 17.1 Å². The third-order valence-corrected chi connectivity index (χ3v) is 4.42. The average molecular weight is 380 g/mol. The summed E-state index contributed by atoms with van der Waals surface area (Å²) < 4.78 is 24.9. The summed E-state index contributed by atoms with van der Waals surface area (Å²) in [6.07, 6.45) is 0. The lowest BCUT2D eigenvalue weighted by Crippen LogP contribution is -2.26. The van der Waals surface area contributed by atoms with E-state index in [0.29, 0.717) is 6.54 Å². The van der Waals surface area contributed by atoms with Crippen LogP contribution in [0.4, 0.5) is 10.3 Å². The van der Waals surface area contributed by atoms with Crippen molar-refractivity contribution in [2.24, 2.45) is 0 Å². The number of nitrogens with one attached hydrogen (secondary N) is 1. The molecule has 6 nitrogen and oxygen atoms in total. The van der Waals surface area contributed by atoms with E-state index in [1.54, 1.807) is 25.3 Å². The van der Waals surface area contributed by atoms with Crippen molar-refractivity contribution >= 4 is 5.88 Å². The van der Waals surface area contributed by atoms with Gasteiger partial charge in [0.25, 0.3) is 0 Å². The molecule has 1 unspecified atom stereocenters. The van der Waals surface area contributed by atoms with Crippen molar-refractivity contribution < 1.29 is 13.5 Å². The summed E-state index contributed by atoms with van der Waals surface area (Å²) in [6, 6.07) is 15.9. The van der Waals surface area contributed by atoms with Gasteiger partial charge in [0.2, 0.25) is 17.5 Å². The number of likely N-dealkylation sites (N-methyl/N-ethyl adjacent to an activating group) is 1. The van der Waals surface area contributed by atoms with E-state index in [9.17, 15) is 9.65 Å². The third kappa shape index (κ3) is 4.13. The fourth-order valence-corrected chi connectivity index (χ4v) is 2.88. The predicted octanol–water partition coefficient (Wildman–Crippen LogP) is 4.08. The first kappa shape index (κ1) is 19.4. The van der Waals surface area contributed by atoms with Gasteiger partial charge >= 0.3 is 0 Å². The number of aromatic nitrogens is 1. The highest BCUT2D eigenvalue weighted by Crippen LogP contribution is 2.28. The molecule has 0 aliphatic heterocycles. The minimum Gasteiger partial charge on any atom is -0.497 e. The lowest BCUT2D eigenvalue weighted by atomic mass is 10.1. The molecule has 1 aromatic heterocycles. The van der Waals surface area contributed by atoms with Crippen molar-refractivity contribution in [3.63, 3.8) is 0 Å². The van der Waals surface area contributed by atoms with Crippen LogP contribution in [0.1, 0.15) is 17.3 Å². The molecule has 0 saturated heterocycles. The monoisotopic (exact) mass is 380 g/mol. The van der Waals surface area contributed by atoms with Gasteiger partial charge in [0.05, 0.1) is 18.7 Å². The van der Waals surface area contributed by atoms with E-state index in [0.717, 1.165) is 11.3 Å². The molecule has 3 rings (SSSR count). The molecule has 1 atom stereocenters. The molecule has 0 bridgehead atoms. The molecule has 144 valence electrons. The number of nitrogens with zero attached hydrogens (tertiary/aromatic N) is 3. The first-order valence-electron chi connectivity index (χ1n) is 8.73. The SMILES string of the molecule is COc1ccc(C(CNc2oc(-c3ccccc3F)nc2C#N)N(C)C)cc1. The van der Waals surface area contributed by atoms with E-state index in [-0.39, 0.29) is 29.1 Å². The summed E-state index contributed by atoms with van der Waals surface area (Å²) in [7, 11) is 5.56. The maximum Gasteiger partial charge on any atom is 0.233 e. The van der Waals surface area contributed by atoms with Crippen molar-refractivity contribution in [2.45, 2.75) is 6.04 Å². The zero-order valence-corrected chi connectivity index (χ0v) is 15.9. The molecule has 1 heterocycles. The normalized spacial score (nSPS) is 11.9. The molecule has 28 heavy (non-hydrogen) atoms. The number of rotatable bonds is 7. The van der Waals surface area contributed by atoms with Crippen LogP contribution in [-0.2, 0) is 0 Å². The lowest BCUT2D eigenvalue weighted by molar-refractivity contribution is 0.310. The molecule has 0 amide bonds. The molecular weight excluding hydrogens is 359 g/mol. The average Bonchev–Trinajstić information content (AvgIpc) is 3.11. The Balaban J connectivity index is 1.82. The van der Waals surface area contributed by atoms with E-state index in [1.807, 2.05) is 44.4 Å². The van der Waals surface area contributed by atoms with Crippen LogP contribution in [0.2, 0.25) is 0 Å². The zero-order chi connectivity index (χ0) is 20.1. The highest BCUT2D eigenvalue weighted by molar-refractivity contribution is 5.59. The first-order valence-corrected chi connectivity index (χ1v) is 8.73. The van der Waals surface area contributed by atoms with Gasteiger partial charge in [-0.15, -0.1) is 0 Å². The smallest absolute Gasteiger partial charge is 0.233 e. The number of hydrogen-bond donors (Lipinski definition) is 1. The van der Waals surface area contributed by atoms with Gasteiger partial charge in [0, 0.05) is 6.54 Å². The van der Waals surface area contributed by atoms with Gasteiger partial charge in [0.1, 0.15) is 17.6 Å². The second-order valence-electron chi connectivity index (χ2n) is 6.42. The van der Waals surface area contributed by atoms with Crippen LogP contribution in [0.3, 0.4) is 0 Å². The molecule has 0 fully saturated rings. The Kier molecular flexibility index (Phi) is 5.92. The Bertz CT molecular complexity index is 977. The number of halogens is 1. The van der Waals surface area contributed by atoms with E-state index in [2.05, 4.69) is 15.2 Å². The van der Waals surface area contributed by atoms with Gasteiger partial charge in [-0.2, -0.15) is 10.2 Å². The largest absolute Gasteiger partial charge is 0.497 e. The number of anilines is 1. The Morgan fingerprint density at radius 2 is 1.93 bits per heavy atom. The maximum absolute atomic E-state index is 14.0. The van der Waals surface area contributed by atoms with Crippen molar-refractivity contribution in [2.75, 3.05) is 33.1 Å². The third-order valence-electron chi connectivity index (χ3n) is 4.42. The van der Waals surface area contributed by atoms with Crippen LogP contribution < -0.4 is 10.1 Å². The fourth-order valence-electron chi connectivity index (χ4n) is 2.88. The summed E-state index contributed by atoms with van der Waals surface area (Å²) in [5.41, 5.74) is 1.38. The molecule has 7 heteroatoms. The molecule has 1 N–H and O–H groups in total. The van der Waals surface area contributed by atoms with Gasteiger partial charge in [-0.05, 0) is 43.9 Å². The van der Waals surface area contributed by atoms with Crippen LogP contribution in [0.5, 0.6) is 5.75 Å². The fraction of sp³-hybridized carbons (Fsp3) is 0.238. The van der Waals surface area contributed by atoms with E-state index >= 15 is 0 Å². The summed E-state index contributed by atoms with van der Waals surface area (Å²) in [5, 5.41) is 12.5. The molecular formula is C21H21FN4O2. The van der Waals surface area contributed by atoms with Crippen molar-refractivity contribution in [3.05, 3.63) is 65.6 Å². The van der Waals surface area contributed by atoms with Crippen LogP contribution in [0.25, 0.3) is 11.5 Å². The number of methoxy groups -OCH3 is 1. The maximum atomic E-state index is 14.0. The van der Waals surface area contributed by atoms with Crippen LogP contribution in [0.15, 0.2) is 52.9 Å². The van der Waals surface area contributed by atoms with Crippen molar-refractivity contribution in [1.82, 2.24) is 9.88 Å². The van der Waals surface area contributed by atoms with Crippen LogP contribution >= 0.6 is 0 Å². The standard InChI is InChI=1S/C21H21FN4O2/c1-26(2)19(14-8-10-15(27-3)11-9-14)13-24-21-18(12-23)25-20(28-21)16-6-4-5-7-17(16)22/h4-11,19,24H,13H2,1-3H3. The molecule has 0 saturated carbocycles. The van der Waals surface area contributed by atoms with Crippen LogP contribution in [-0.4, -0.2) is 37.6 Å². The predicted molar refractivity (Wildman–Crippen MR) is 105 cm³/mol. The highest BCUT2D eigenvalue weighted by atomic mass is 19.1. The van der Waals surface area contributed by atoms with Gasteiger partial charge in [-0.25, -0.2) is 4.39 Å². The number of nitriles is 1. The zero-order valence-electron chi connectivity index (χ0n) is 15.9. The topological polar surface area (TPSA) is 74.3 Å². The van der Waals surface area contributed by atoms with Crippen molar-refractivity contribution in [3.8, 4) is 23.3 Å². The minimum atomic E-state index is -0.454. The second-order valence-corrected chi connectivity index (χ2v) is 6.42. The van der Waals surface area contributed by atoms with Crippen molar-refractivity contribution in [1.29, 1.82) is 5.26 Å². The summed E-state index contributed by atoms with van der Waals surface area (Å²) in [5.74, 6) is 0.624. The number of ether oxygens (including phenoxy) is 1. The Morgan fingerprint density at radius 3 is 2.54 bits per heavy atom. The number of oxazole rings is 1. The Morgan fingerprint density at radius 1 is 1.21 bits per heavy atom. The van der Waals surface area contributed by atoms with Gasteiger partial charge in [-0.3, -0.25) is 0 Å². The number of benzene rings is 2. The summed E-state index contributed by atoms with van der Waals surface area (Å²) in [6.45, 7) is 0.472. The Labute approximate surface area is 163 Å². The molecule has 0 aliphatic rings. The van der Waals surface area contributed by atoms with Gasteiger partial charge in [-0.1, -0.05) is 24.3 Å². The van der Waals surface area contributed by atoms with Gasteiger partial charge < -0.3 is 19.4 Å². The van der Waals surface area contributed by atoms with E-state index < -0.39 is 5.82 Å². The van der Waals surface area contributed by atoms with Gasteiger partial charge in [0.15, 0.2) is 0 Å². The Hall–Kier alpha value is -3.37. The molecule has 0 aliphatic carbocycles. The molecule has 0 radical (unpaired) electrons. The van der Waals surface area contributed by atoms with E-state index in [1.165, 1.54) is 6.07 Å². The lowest BCUT2D eigenvalue weighted by Gasteiger charge is -2.25. The molecule has 0 spiro atoms. The van der Waals surface area contributed by atoms with E-state index in [4.69, 9.17) is 9.15 Å². The molecule has 2 aromatic carbocycles. The number of hydrogen-bond acceptors (Lipinski definition) is 6. The quantitative estimate of drug-likeness (QED) is 0.666. The summed E-state index contributed by atoms with van der Waals surface area (Å²) in [4.78, 5) is 6.17. The second kappa shape index (κ2) is 8.55. The first-order chi connectivity index (χ1) is 13.5. The summed E-state index contributed by atoms with van der Waals surface area (Å²) >= 11 is 0. The minimum absolute atomic E-state index is 0.0134.